The highest BCUT2D eigenvalue weighted by Crippen LogP contribution is 2.33. The van der Waals surface area contributed by atoms with E-state index in [9.17, 15) is 4.79 Å². The minimum Gasteiger partial charge on any atom is -0.482 e. The zero-order chi connectivity index (χ0) is 17.9. The minimum absolute atomic E-state index is 0.219. The van der Waals surface area contributed by atoms with E-state index < -0.39 is 6.10 Å². The topological polar surface area (TPSA) is 56.8 Å². The van der Waals surface area contributed by atoms with Crippen molar-refractivity contribution in [2.24, 2.45) is 5.92 Å². The van der Waals surface area contributed by atoms with Gasteiger partial charge in [0, 0.05) is 12.3 Å². The Morgan fingerprint density at radius 3 is 2.65 bits per heavy atom. The molecule has 2 aromatic rings. The first kappa shape index (κ1) is 16.9. The number of anilines is 1. The van der Waals surface area contributed by atoms with Crippen molar-refractivity contribution in [2.45, 2.75) is 38.6 Å². The van der Waals surface area contributed by atoms with Gasteiger partial charge in [0.1, 0.15) is 6.10 Å². The first-order valence-corrected chi connectivity index (χ1v) is 9.09. The van der Waals surface area contributed by atoms with Crippen molar-refractivity contribution in [1.82, 2.24) is 0 Å². The molecule has 0 saturated heterocycles. The van der Waals surface area contributed by atoms with E-state index in [0.717, 1.165) is 23.8 Å². The molecular formula is C21H23NO4. The van der Waals surface area contributed by atoms with Crippen molar-refractivity contribution in [3.63, 3.8) is 0 Å². The van der Waals surface area contributed by atoms with E-state index in [1.165, 1.54) is 12.8 Å². The van der Waals surface area contributed by atoms with E-state index in [1.807, 2.05) is 49.4 Å². The number of rotatable bonds is 6. The highest BCUT2D eigenvalue weighted by atomic mass is 16.6. The molecule has 1 fully saturated rings. The molecule has 1 aliphatic heterocycles. The molecule has 0 bridgehead atoms. The molecule has 0 unspecified atom stereocenters. The fraction of sp³-hybridized carbons (Fsp3) is 0.381. The van der Waals surface area contributed by atoms with E-state index in [4.69, 9.17) is 14.2 Å². The molecule has 1 heterocycles. The monoisotopic (exact) mass is 353 g/mol. The van der Waals surface area contributed by atoms with E-state index in [2.05, 4.69) is 5.32 Å². The summed E-state index contributed by atoms with van der Waals surface area (Å²) in [6.07, 6.45) is 1.50. The quantitative estimate of drug-likeness (QED) is 0.859. The lowest BCUT2D eigenvalue weighted by Crippen LogP contribution is -2.46. The predicted molar refractivity (Wildman–Crippen MR) is 98.4 cm³/mol. The number of hydrogen-bond acceptors (Lipinski definition) is 4. The number of carbonyl (C=O) groups excluding carboxylic acids is 1. The van der Waals surface area contributed by atoms with Gasteiger partial charge in [0.15, 0.2) is 11.5 Å². The van der Waals surface area contributed by atoms with Gasteiger partial charge >= 0.3 is 0 Å². The lowest BCUT2D eigenvalue weighted by molar-refractivity contribution is -0.128. The Morgan fingerprint density at radius 2 is 1.88 bits per heavy atom. The van der Waals surface area contributed by atoms with Crippen molar-refractivity contribution in [2.75, 3.05) is 11.9 Å². The zero-order valence-electron chi connectivity index (χ0n) is 14.8. The Balaban J connectivity index is 1.38. The Hall–Kier alpha value is -2.53. The van der Waals surface area contributed by atoms with Crippen LogP contribution in [0.25, 0.3) is 0 Å². The number of ether oxygens (including phenoxy) is 3. The summed E-state index contributed by atoms with van der Waals surface area (Å²) in [6, 6.07) is 15.1. The number of amides is 1. The number of fused-ring (bicyclic) bond motifs is 1. The Kier molecular flexibility index (Phi) is 4.80. The van der Waals surface area contributed by atoms with Gasteiger partial charge in [-0.2, -0.15) is 0 Å². The molecule has 1 N–H and O–H groups in total. The zero-order valence-corrected chi connectivity index (χ0v) is 14.8. The average molecular weight is 353 g/mol. The predicted octanol–water partition coefficient (Wildman–Crippen LogP) is 3.78. The van der Waals surface area contributed by atoms with Crippen molar-refractivity contribution in [3.8, 4) is 11.5 Å². The number of para-hydroxylation sites is 2. The van der Waals surface area contributed by atoms with Crippen LogP contribution < -0.4 is 14.8 Å². The maximum absolute atomic E-state index is 12.7. The highest BCUT2D eigenvalue weighted by molar-refractivity contribution is 5.95. The fourth-order valence-electron chi connectivity index (χ4n) is 2.99. The maximum atomic E-state index is 12.7. The van der Waals surface area contributed by atoms with Gasteiger partial charge < -0.3 is 19.5 Å². The molecule has 2 atom stereocenters. The normalized spacial score (nSPS) is 21.3. The second kappa shape index (κ2) is 7.38. The van der Waals surface area contributed by atoms with Crippen LogP contribution in [0.4, 0.5) is 5.69 Å². The van der Waals surface area contributed by atoms with Crippen LogP contribution in [0.3, 0.4) is 0 Å². The fourth-order valence-corrected chi connectivity index (χ4v) is 2.99. The van der Waals surface area contributed by atoms with Crippen molar-refractivity contribution >= 4 is 11.6 Å². The van der Waals surface area contributed by atoms with Crippen LogP contribution in [0.5, 0.6) is 11.5 Å². The highest BCUT2D eigenvalue weighted by Gasteiger charge is 2.34. The maximum Gasteiger partial charge on any atom is 0.269 e. The van der Waals surface area contributed by atoms with Gasteiger partial charge in [-0.3, -0.25) is 4.79 Å². The molecule has 5 nitrogen and oxygen atoms in total. The van der Waals surface area contributed by atoms with Gasteiger partial charge in [-0.15, -0.1) is 0 Å². The Morgan fingerprint density at radius 1 is 1.12 bits per heavy atom. The molecule has 136 valence electrons. The summed E-state index contributed by atoms with van der Waals surface area (Å²) in [7, 11) is 0. The molecule has 0 radical (unpaired) electrons. The lowest BCUT2D eigenvalue weighted by Gasteiger charge is -2.31. The van der Waals surface area contributed by atoms with E-state index in [1.54, 1.807) is 6.07 Å². The minimum atomic E-state index is -0.695. The van der Waals surface area contributed by atoms with Crippen LogP contribution in [0.15, 0.2) is 48.5 Å². The van der Waals surface area contributed by atoms with Gasteiger partial charge in [-0.1, -0.05) is 24.3 Å². The third-order valence-corrected chi connectivity index (χ3v) is 4.61. The van der Waals surface area contributed by atoms with Crippen LogP contribution >= 0.6 is 0 Å². The number of hydrogen-bond donors (Lipinski definition) is 1. The van der Waals surface area contributed by atoms with Crippen LogP contribution in [-0.2, 0) is 16.1 Å². The Bertz CT molecular complexity index is 787. The van der Waals surface area contributed by atoms with Crippen molar-refractivity contribution in [3.05, 3.63) is 54.1 Å². The van der Waals surface area contributed by atoms with Gasteiger partial charge in [0.2, 0.25) is 6.10 Å². The van der Waals surface area contributed by atoms with Crippen molar-refractivity contribution < 1.29 is 19.0 Å². The SMILES string of the molecule is C[C@H]1Oc2ccccc2O[C@@H]1C(=O)Nc1cccc(COCC2CC2)c1. The van der Waals surface area contributed by atoms with Crippen LogP contribution in [0.1, 0.15) is 25.3 Å². The molecule has 26 heavy (non-hydrogen) atoms. The van der Waals surface area contributed by atoms with Crippen LogP contribution in [0, 0.1) is 5.92 Å². The summed E-state index contributed by atoms with van der Waals surface area (Å²) >= 11 is 0. The summed E-state index contributed by atoms with van der Waals surface area (Å²) in [5, 5.41) is 2.93. The standard InChI is InChI=1S/C21H23NO4/c1-14-20(26-19-8-3-2-7-18(19)25-14)21(23)22-17-6-4-5-16(11-17)13-24-12-15-9-10-15/h2-8,11,14-15,20H,9-10,12-13H2,1H3,(H,22,23)/t14-,20+/m1/s1. The molecule has 1 aliphatic carbocycles. The van der Waals surface area contributed by atoms with Crippen molar-refractivity contribution in [1.29, 1.82) is 0 Å². The second-order valence-corrected chi connectivity index (χ2v) is 6.96. The van der Waals surface area contributed by atoms with Gasteiger partial charge in [-0.25, -0.2) is 0 Å². The second-order valence-electron chi connectivity index (χ2n) is 6.96. The van der Waals surface area contributed by atoms with E-state index in [0.29, 0.717) is 18.1 Å². The van der Waals surface area contributed by atoms with E-state index in [-0.39, 0.29) is 12.0 Å². The first-order chi connectivity index (χ1) is 12.7. The molecule has 2 aromatic carbocycles. The molecule has 1 saturated carbocycles. The summed E-state index contributed by atoms with van der Waals surface area (Å²) in [5.41, 5.74) is 1.78. The molecule has 1 amide bonds. The lowest BCUT2D eigenvalue weighted by atomic mass is 10.1. The van der Waals surface area contributed by atoms with Crippen LogP contribution in [0.2, 0.25) is 0 Å². The van der Waals surface area contributed by atoms with Gasteiger partial charge in [-0.05, 0) is 55.5 Å². The van der Waals surface area contributed by atoms with Gasteiger partial charge in [0.25, 0.3) is 5.91 Å². The third-order valence-electron chi connectivity index (χ3n) is 4.61. The summed E-state index contributed by atoms with van der Waals surface area (Å²) < 4.78 is 17.4. The number of nitrogens with one attached hydrogen (secondary N) is 1. The summed E-state index contributed by atoms with van der Waals surface area (Å²) in [5.74, 6) is 1.78. The average Bonchev–Trinajstić information content (AvgIpc) is 3.46. The Labute approximate surface area is 153 Å². The van der Waals surface area contributed by atoms with E-state index >= 15 is 0 Å². The largest absolute Gasteiger partial charge is 0.482 e. The summed E-state index contributed by atoms with van der Waals surface area (Å²) in [4.78, 5) is 12.7. The summed E-state index contributed by atoms with van der Waals surface area (Å²) in [6.45, 7) is 3.22. The first-order valence-electron chi connectivity index (χ1n) is 9.09. The molecule has 5 heteroatoms. The molecule has 4 rings (SSSR count). The molecular weight excluding hydrogens is 330 g/mol. The number of carbonyl (C=O) groups is 1. The third kappa shape index (κ3) is 3.99. The van der Waals surface area contributed by atoms with Gasteiger partial charge in [0.05, 0.1) is 6.61 Å². The number of benzene rings is 2. The molecule has 0 aromatic heterocycles. The smallest absolute Gasteiger partial charge is 0.269 e. The molecule has 2 aliphatic rings. The molecule has 0 spiro atoms. The van der Waals surface area contributed by atoms with Crippen LogP contribution in [-0.4, -0.2) is 24.7 Å².